The number of carbonyl (C=O) groups is 3. The van der Waals surface area contributed by atoms with Gasteiger partial charge in [-0.15, -0.1) is 11.8 Å². The molecule has 3 aromatic rings. The van der Waals surface area contributed by atoms with Crippen LogP contribution in [-0.4, -0.2) is 29.0 Å². The Labute approximate surface area is 203 Å². The van der Waals surface area contributed by atoms with Crippen molar-refractivity contribution in [2.24, 2.45) is 0 Å². The van der Waals surface area contributed by atoms with E-state index in [1.807, 2.05) is 67.6 Å². The van der Waals surface area contributed by atoms with Crippen LogP contribution < -0.4 is 15.5 Å². The number of amides is 3. The van der Waals surface area contributed by atoms with Gasteiger partial charge in [-0.05, 0) is 56.2 Å². The molecule has 1 unspecified atom stereocenters. The van der Waals surface area contributed by atoms with Crippen LogP contribution in [0, 0.1) is 6.92 Å². The van der Waals surface area contributed by atoms with Gasteiger partial charge in [-0.25, -0.2) is 0 Å². The fourth-order valence-corrected chi connectivity index (χ4v) is 4.95. The van der Waals surface area contributed by atoms with E-state index in [0.717, 1.165) is 11.1 Å². The third kappa shape index (κ3) is 4.99. The predicted molar refractivity (Wildman–Crippen MR) is 137 cm³/mol. The fourth-order valence-electron chi connectivity index (χ4n) is 3.77. The van der Waals surface area contributed by atoms with E-state index in [1.165, 1.54) is 0 Å². The quantitative estimate of drug-likeness (QED) is 0.533. The molecule has 34 heavy (non-hydrogen) atoms. The number of hydrogen-bond donors (Lipinski definition) is 2. The highest BCUT2D eigenvalue weighted by molar-refractivity contribution is 8.00. The van der Waals surface area contributed by atoms with Gasteiger partial charge in [0.1, 0.15) is 10.9 Å². The second-order valence-electron chi connectivity index (χ2n) is 8.74. The lowest BCUT2D eigenvalue weighted by Crippen LogP contribution is -2.52. The molecule has 2 N–H and O–H groups in total. The van der Waals surface area contributed by atoms with Gasteiger partial charge in [0.05, 0.1) is 5.75 Å². The van der Waals surface area contributed by atoms with E-state index in [9.17, 15) is 14.4 Å². The van der Waals surface area contributed by atoms with Gasteiger partial charge in [0.25, 0.3) is 5.91 Å². The normalized spacial score (nSPS) is 15.8. The third-order valence-electron chi connectivity index (χ3n) is 5.73. The van der Waals surface area contributed by atoms with Gasteiger partial charge >= 0.3 is 0 Å². The lowest BCUT2D eigenvalue weighted by Gasteiger charge is -2.27. The number of nitrogens with one attached hydrogen (secondary N) is 2. The summed E-state index contributed by atoms with van der Waals surface area (Å²) in [5, 5.41) is 5.56. The molecule has 1 atom stereocenters. The van der Waals surface area contributed by atoms with Crippen molar-refractivity contribution in [3.63, 3.8) is 0 Å². The van der Waals surface area contributed by atoms with Crippen LogP contribution in [0.3, 0.4) is 0 Å². The number of anilines is 2. The Kier molecular flexibility index (Phi) is 6.75. The summed E-state index contributed by atoms with van der Waals surface area (Å²) in [6.07, 6.45) is 0. The molecule has 1 aliphatic heterocycles. The van der Waals surface area contributed by atoms with Crippen molar-refractivity contribution in [3.05, 3.63) is 95.6 Å². The number of benzene rings is 3. The Balaban J connectivity index is 1.52. The van der Waals surface area contributed by atoms with Crippen LogP contribution in [0.4, 0.5) is 11.4 Å². The Morgan fingerprint density at radius 1 is 0.971 bits per heavy atom. The van der Waals surface area contributed by atoms with E-state index in [4.69, 9.17) is 0 Å². The fraction of sp³-hybridized carbons (Fsp3) is 0.222. The second-order valence-corrected chi connectivity index (χ2v) is 9.80. The summed E-state index contributed by atoms with van der Waals surface area (Å²) < 4.78 is 0. The number of carbonyl (C=O) groups excluding carboxylic acids is 3. The molecule has 3 aromatic carbocycles. The lowest BCUT2D eigenvalue weighted by atomic mass is 10.0. The maximum atomic E-state index is 13.1. The summed E-state index contributed by atoms with van der Waals surface area (Å²) in [6.45, 7) is 5.23. The number of nitrogens with zero attached hydrogens (tertiary/aromatic N) is 1. The summed E-state index contributed by atoms with van der Waals surface area (Å²) >= 11 is 1.56. The molecule has 1 aliphatic rings. The van der Waals surface area contributed by atoms with Crippen LogP contribution in [0.1, 0.15) is 40.7 Å². The van der Waals surface area contributed by atoms with Crippen LogP contribution in [0.25, 0.3) is 0 Å². The topological polar surface area (TPSA) is 78.5 Å². The molecule has 0 spiro atoms. The molecular weight excluding hydrogens is 446 g/mol. The summed E-state index contributed by atoms with van der Waals surface area (Å²) in [4.78, 5) is 40.4. The number of thioether (sulfide) groups is 1. The molecule has 174 valence electrons. The van der Waals surface area contributed by atoms with Gasteiger partial charge in [0.2, 0.25) is 11.8 Å². The van der Waals surface area contributed by atoms with E-state index in [-0.39, 0.29) is 23.1 Å². The average molecular weight is 474 g/mol. The Morgan fingerprint density at radius 2 is 1.68 bits per heavy atom. The largest absolute Gasteiger partial charge is 0.338 e. The molecule has 0 aromatic heterocycles. The van der Waals surface area contributed by atoms with Crippen molar-refractivity contribution in [3.8, 4) is 0 Å². The number of aryl methyl sites for hydroxylation is 1. The van der Waals surface area contributed by atoms with Crippen LogP contribution >= 0.6 is 11.8 Å². The van der Waals surface area contributed by atoms with Gasteiger partial charge in [0, 0.05) is 16.9 Å². The number of hydrogen-bond acceptors (Lipinski definition) is 4. The Bertz CT molecular complexity index is 1230. The summed E-state index contributed by atoms with van der Waals surface area (Å²) in [7, 11) is 0. The molecule has 0 radical (unpaired) electrons. The van der Waals surface area contributed by atoms with Crippen molar-refractivity contribution in [1.29, 1.82) is 0 Å². The smallest absolute Gasteiger partial charge is 0.252 e. The van der Waals surface area contributed by atoms with Crippen LogP contribution in [0.2, 0.25) is 0 Å². The van der Waals surface area contributed by atoms with Crippen LogP contribution in [0.5, 0.6) is 0 Å². The maximum Gasteiger partial charge on any atom is 0.252 e. The SMILES string of the molecule is Cc1ccccc1NC(=O)C(C)(C)NC(=O)c1cccc(N2C(=O)CSC2c2ccccc2)c1. The zero-order valence-corrected chi connectivity index (χ0v) is 20.2. The van der Waals surface area contributed by atoms with Gasteiger partial charge in [-0.1, -0.05) is 54.6 Å². The molecule has 0 aliphatic carbocycles. The second kappa shape index (κ2) is 9.73. The zero-order chi connectivity index (χ0) is 24.3. The molecule has 4 rings (SSSR count). The molecule has 1 saturated heterocycles. The van der Waals surface area contributed by atoms with E-state index >= 15 is 0 Å². The third-order valence-corrected chi connectivity index (χ3v) is 6.94. The molecule has 7 heteroatoms. The highest BCUT2D eigenvalue weighted by Crippen LogP contribution is 2.41. The maximum absolute atomic E-state index is 13.1. The lowest BCUT2D eigenvalue weighted by molar-refractivity contribution is -0.121. The molecular formula is C27H27N3O3S. The van der Waals surface area contributed by atoms with Crippen molar-refractivity contribution >= 4 is 40.9 Å². The monoisotopic (exact) mass is 473 g/mol. The summed E-state index contributed by atoms with van der Waals surface area (Å²) in [6, 6.07) is 24.3. The minimum atomic E-state index is -1.15. The van der Waals surface area contributed by atoms with Crippen LogP contribution in [-0.2, 0) is 9.59 Å². The van der Waals surface area contributed by atoms with Gasteiger partial charge < -0.3 is 10.6 Å². The molecule has 1 fully saturated rings. The summed E-state index contributed by atoms with van der Waals surface area (Å²) in [5.41, 5.74) is 2.55. The van der Waals surface area contributed by atoms with Crippen molar-refractivity contribution in [2.75, 3.05) is 16.0 Å². The van der Waals surface area contributed by atoms with Crippen molar-refractivity contribution in [1.82, 2.24) is 5.32 Å². The highest BCUT2D eigenvalue weighted by atomic mass is 32.2. The first kappa shape index (κ1) is 23.6. The minimum absolute atomic E-state index is 0.00523. The number of rotatable bonds is 6. The average Bonchev–Trinajstić information content (AvgIpc) is 3.22. The standard InChI is InChI=1S/C27H27N3O3S/c1-18-10-7-8-15-22(18)28-26(33)27(2,3)29-24(32)20-13-9-14-21(16-20)30-23(31)17-34-25(30)19-11-5-4-6-12-19/h4-16,25H,17H2,1-3H3,(H,28,33)(H,29,32). The molecule has 6 nitrogen and oxygen atoms in total. The minimum Gasteiger partial charge on any atom is -0.338 e. The van der Waals surface area contributed by atoms with Gasteiger partial charge in [-0.2, -0.15) is 0 Å². The van der Waals surface area contributed by atoms with E-state index in [1.54, 1.807) is 48.7 Å². The first-order valence-electron chi connectivity index (χ1n) is 11.0. The molecule has 1 heterocycles. The first-order valence-corrected chi connectivity index (χ1v) is 12.1. The Morgan fingerprint density at radius 3 is 2.41 bits per heavy atom. The van der Waals surface area contributed by atoms with Crippen molar-refractivity contribution < 1.29 is 14.4 Å². The summed E-state index contributed by atoms with van der Waals surface area (Å²) in [5.74, 6) is -0.333. The molecule has 0 bridgehead atoms. The van der Waals surface area contributed by atoms with Crippen molar-refractivity contribution in [2.45, 2.75) is 31.7 Å². The Hall–Kier alpha value is -3.58. The van der Waals surface area contributed by atoms with Gasteiger partial charge in [0.15, 0.2) is 0 Å². The van der Waals surface area contributed by atoms with Gasteiger partial charge in [-0.3, -0.25) is 19.3 Å². The first-order chi connectivity index (χ1) is 16.3. The number of para-hydroxylation sites is 1. The molecule has 0 saturated carbocycles. The van der Waals surface area contributed by atoms with Crippen LogP contribution in [0.15, 0.2) is 78.9 Å². The zero-order valence-electron chi connectivity index (χ0n) is 19.4. The predicted octanol–water partition coefficient (Wildman–Crippen LogP) is 4.92. The van der Waals surface area contributed by atoms with E-state index in [2.05, 4.69) is 10.6 Å². The van der Waals surface area contributed by atoms with E-state index < -0.39 is 5.54 Å². The molecule has 3 amide bonds. The van der Waals surface area contributed by atoms with E-state index in [0.29, 0.717) is 22.7 Å². The highest BCUT2D eigenvalue weighted by Gasteiger charge is 2.35.